The van der Waals surface area contributed by atoms with Gasteiger partial charge in [-0.1, -0.05) is 24.1 Å². The van der Waals surface area contributed by atoms with Gasteiger partial charge < -0.3 is 10.3 Å². The van der Waals surface area contributed by atoms with Crippen LogP contribution in [0.2, 0.25) is 5.02 Å². The third kappa shape index (κ3) is 2.52. The van der Waals surface area contributed by atoms with Crippen LogP contribution in [0.15, 0.2) is 18.2 Å². The topological polar surface area (TPSA) is 40.7 Å². The molecule has 96 valence electrons. The van der Waals surface area contributed by atoms with Gasteiger partial charge in [0.25, 0.3) is 0 Å². The molecule has 0 amide bonds. The van der Waals surface area contributed by atoms with Crippen LogP contribution in [-0.2, 0) is 6.42 Å². The predicted octanol–water partition coefficient (Wildman–Crippen LogP) is 3.29. The van der Waals surface area contributed by atoms with E-state index in [0.29, 0.717) is 6.04 Å². The Morgan fingerprint density at radius 1 is 1.33 bits per heavy atom. The number of halogens is 1. The Kier molecular flexibility index (Phi) is 3.52. The molecule has 2 aromatic rings. The number of rotatable bonds is 3. The number of aryl methyl sites for hydroxylation is 1. The van der Waals surface area contributed by atoms with Gasteiger partial charge >= 0.3 is 0 Å². The number of benzene rings is 1. The van der Waals surface area contributed by atoms with Gasteiger partial charge in [0, 0.05) is 12.5 Å². The highest BCUT2D eigenvalue weighted by Crippen LogP contribution is 2.21. The van der Waals surface area contributed by atoms with Crippen molar-refractivity contribution >= 4 is 22.6 Å². The van der Waals surface area contributed by atoms with E-state index in [0.717, 1.165) is 41.3 Å². The molecule has 1 aromatic carbocycles. The van der Waals surface area contributed by atoms with E-state index in [-0.39, 0.29) is 0 Å². The average molecular weight is 264 g/mol. The number of aromatic nitrogens is 2. The fraction of sp³-hybridized carbons (Fsp3) is 0.500. The second-order valence-corrected chi connectivity index (χ2v) is 5.41. The normalized spacial score (nSPS) is 20.4. The Hall–Kier alpha value is -1.06. The number of nitrogens with zero attached hydrogens (tertiary/aromatic N) is 1. The Morgan fingerprint density at radius 3 is 3.06 bits per heavy atom. The number of hydrogen-bond donors (Lipinski definition) is 2. The molecule has 2 heterocycles. The molecule has 3 nitrogen and oxygen atoms in total. The minimum absolute atomic E-state index is 0.655. The van der Waals surface area contributed by atoms with E-state index in [4.69, 9.17) is 11.6 Å². The van der Waals surface area contributed by atoms with E-state index < -0.39 is 0 Å². The molecular formula is C14H18ClN3. The number of para-hydroxylation sites is 1. The lowest BCUT2D eigenvalue weighted by atomic mass is 10.0. The molecule has 1 atom stereocenters. The maximum absolute atomic E-state index is 6.12. The first-order chi connectivity index (χ1) is 8.83. The second kappa shape index (κ2) is 5.29. The predicted molar refractivity (Wildman–Crippen MR) is 75.1 cm³/mol. The molecule has 4 heteroatoms. The molecular weight excluding hydrogens is 246 g/mol. The van der Waals surface area contributed by atoms with Crippen molar-refractivity contribution in [1.82, 2.24) is 15.3 Å². The SMILES string of the molecule is Clc1cccc2[nH]c(CCC3CCCCN3)nc12. The number of hydrogen-bond acceptors (Lipinski definition) is 2. The Bertz CT molecular complexity index is 529. The third-order valence-electron chi connectivity index (χ3n) is 3.65. The van der Waals surface area contributed by atoms with Crippen molar-refractivity contribution in [2.45, 2.75) is 38.1 Å². The quantitative estimate of drug-likeness (QED) is 0.892. The fourth-order valence-corrected chi connectivity index (χ4v) is 2.86. The summed E-state index contributed by atoms with van der Waals surface area (Å²) in [6, 6.07) is 6.52. The molecule has 1 aromatic heterocycles. The molecule has 1 fully saturated rings. The van der Waals surface area contributed by atoms with Crippen molar-refractivity contribution in [1.29, 1.82) is 0 Å². The van der Waals surface area contributed by atoms with Crippen molar-refractivity contribution in [3.8, 4) is 0 Å². The first-order valence-electron chi connectivity index (χ1n) is 6.69. The van der Waals surface area contributed by atoms with E-state index in [1.165, 1.54) is 19.3 Å². The van der Waals surface area contributed by atoms with Gasteiger partial charge in [0.05, 0.1) is 10.5 Å². The fourth-order valence-electron chi connectivity index (χ4n) is 2.65. The number of nitrogens with one attached hydrogen (secondary N) is 2. The maximum atomic E-state index is 6.12. The van der Waals surface area contributed by atoms with E-state index in [2.05, 4.69) is 15.3 Å². The monoisotopic (exact) mass is 263 g/mol. The molecule has 1 unspecified atom stereocenters. The summed E-state index contributed by atoms with van der Waals surface area (Å²) < 4.78 is 0. The van der Waals surface area contributed by atoms with Crippen molar-refractivity contribution in [2.75, 3.05) is 6.54 Å². The van der Waals surface area contributed by atoms with Crippen LogP contribution >= 0.6 is 11.6 Å². The highest BCUT2D eigenvalue weighted by Gasteiger charge is 2.13. The number of aromatic amines is 1. The van der Waals surface area contributed by atoms with Crippen LogP contribution in [0, 0.1) is 0 Å². The minimum atomic E-state index is 0.655. The van der Waals surface area contributed by atoms with Gasteiger partial charge in [0.2, 0.25) is 0 Å². The van der Waals surface area contributed by atoms with Crippen LogP contribution in [0.3, 0.4) is 0 Å². The lowest BCUT2D eigenvalue weighted by Gasteiger charge is -2.22. The van der Waals surface area contributed by atoms with Crippen LogP contribution in [0.4, 0.5) is 0 Å². The number of fused-ring (bicyclic) bond motifs is 1. The van der Waals surface area contributed by atoms with Crippen molar-refractivity contribution in [2.24, 2.45) is 0 Å². The summed E-state index contributed by atoms with van der Waals surface area (Å²) >= 11 is 6.12. The van der Waals surface area contributed by atoms with Gasteiger partial charge in [-0.15, -0.1) is 0 Å². The van der Waals surface area contributed by atoms with Crippen molar-refractivity contribution in [3.05, 3.63) is 29.0 Å². The Labute approximate surface area is 112 Å². The summed E-state index contributed by atoms with van der Waals surface area (Å²) in [5.74, 6) is 1.05. The van der Waals surface area contributed by atoms with Gasteiger partial charge in [-0.25, -0.2) is 4.98 Å². The van der Waals surface area contributed by atoms with Crippen LogP contribution in [-0.4, -0.2) is 22.6 Å². The average Bonchev–Trinajstić information content (AvgIpc) is 2.82. The van der Waals surface area contributed by atoms with Gasteiger partial charge in [0.15, 0.2) is 0 Å². The number of H-pyrrole nitrogens is 1. The van der Waals surface area contributed by atoms with Gasteiger partial charge in [0.1, 0.15) is 11.3 Å². The lowest BCUT2D eigenvalue weighted by Crippen LogP contribution is -2.34. The highest BCUT2D eigenvalue weighted by molar-refractivity contribution is 6.34. The first kappa shape index (κ1) is 12.0. The van der Waals surface area contributed by atoms with E-state index >= 15 is 0 Å². The molecule has 0 bridgehead atoms. The van der Waals surface area contributed by atoms with E-state index in [9.17, 15) is 0 Å². The molecule has 0 spiro atoms. The molecule has 1 saturated heterocycles. The first-order valence-corrected chi connectivity index (χ1v) is 7.07. The Morgan fingerprint density at radius 2 is 2.28 bits per heavy atom. The summed E-state index contributed by atoms with van der Waals surface area (Å²) in [4.78, 5) is 7.93. The zero-order valence-corrected chi connectivity index (χ0v) is 11.1. The van der Waals surface area contributed by atoms with Crippen molar-refractivity contribution in [3.63, 3.8) is 0 Å². The second-order valence-electron chi connectivity index (χ2n) is 5.01. The maximum Gasteiger partial charge on any atom is 0.107 e. The van der Waals surface area contributed by atoms with Gasteiger partial charge in [-0.3, -0.25) is 0 Å². The summed E-state index contributed by atoms with van der Waals surface area (Å²) in [7, 11) is 0. The Balaban J connectivity index is 1.69. The molecule has 2 N–H and O–H groups in total. The standard InChI is InChI=1S/C14H18ClN3/c15-11-5-3-6-12-14(11)18-13(17-12)8-7-10-4-1-2-9-16-10/h3,5-6,10,16H,1-2,4,7-9H2,(H,17,18). The zero-order valence-electron chi connectivity index (χ0n) is 10.4. The molecule has 0 radical (unpaired) electrons. The van der Waals surface area contributed by atoms with Crippen LogP contribution < -0.4 is 5.32 Å². The largest absolute Gasteiger partial charge is 0.342 e. The molecule has 0 saturated carbocycles. The molecule has 1 aliphatic heterocycles. The molecule has 0 aliphatic carbocycles. The smallest absolute Gasteiger partial charge is 0.107 e. The summed E-state index contributed by atoms with van der Waals surface area (Å²) in [6.45, 7) is 1.16. The van der Waals surface area contributed by atoms with E-state index in [1.807, 2.05) is 18.2 Å². The molecule has 18 heavy (non-hydrogen) atoms. The van der Waals surface area contributed by atoms with E-state index in [1.54, 1.807) is 0 Å². The zero-order chi connectivity index (χ0) is 12.4. The van der Waals surface area contributed by atoms with Gasteiger partial charge in [-0.2, -0.15) is 0 Å². The lowest BCUT2D eigenvalue weighted by molar-refractivity contribution is 0.381. The summed E-state index contributed by atoms with van der Waals surface area (Å²) in [6.07, 6.45) is 6.10. The van der Waals surface area contributed by atoms with Crippen LogP contribution in [0.5, 0.6) is 0 Å². The molecule has 1 aliphatic rings. The molecule has 3 rings (SSSR count). The number of piperidine rings is 1. The number of imidazole rings is 1. The highest BCUT2D eigenvalue weighted by atomic mass is 35.5. The summed E-state index contributed by atoms with van der Waals surface area (Å²) in [5, 5.41) is 4.29. The third-order valence-corrected chi connectivity index (χ3v) is 3.96. The van der Waals surface area contributed by atoms with Crippen molar-refractivity contribution < 1.29 is 0 Å². The van der Waals surface area contributed by atoms with Crippen LogP contribution in [0.25, 0.3) is 11.0 Å². The summed E-state index contributed by atoms with van der Waals surface area (Å²) in [5.41, 5.74) is 1.93. The minimum Gasteiger partial charge on any atom is -0.342 e. The van der Waals surface area contributed by atoms with Gasteiger partial charge in [-0.05, 0) is 37.9 Å². The van der Waals surface area contributed by atoms with Crippen LogP contribution in [0.1, 0.15) is 31.5 Å².